The molecule has 2 aromatic carbocycles. The molecule has 2 aliphatic heterocycles. The molecule has 0 amide bonds. The molecule has 4 heterocycles. The Balaban J connectivity index is 1.04. The molecule has 4 aromatic rings. The molecule has 0 N–H and O–H groups in total. The second-order valence-electron chi connectivity index (χ2n) is 11.8. The highest BCUT2D eigenvalue weighted by Crippen LogP contribution is 2.60. The van der Waals surface area contributed by atoms with Crippen LogP contribution in [-0.2, 0) is 29.0 Å². The van der Waals surface area contributed by atoms with E-state index in [1.165, 1.54) is 13.2 Å². The third-order valence-electron chi connectivity index (χ3n) is 9.21. The molecular weight excluding hydrogens is 549 g/mol. The van der Waals surface area contributed by atoms with Gasteiger partial charge in [-0.1, -0.05) is 12.1 Å². The molecule has 3 atom stereocenters. The van der Waals surface area contributed by atoms with Crippen molar-refractivity contribution in [3.8, 4) is 11.9 Å². The van der Waals surface area contributed by atoms with Crippen LogP contribution in [0.3, 0.4) is 0 Å². The van der Waals surface area contributed by atoms with Crippen molar-refractivity contribution in [3.05, 3.63) is 82.9 Å². The zero-order chi connectivity index (χ0) is 29.6. The van der Waals surface area contributed by atoms with E-state index in [0.717, 1.165) is 74.6 Å². The maximum Gasteiger partial charge on any atom is 0.337 e. The van der Waals surface area contributed by atoms with E-state index in [1.54, 1.807) is 24.3 Å². The molecule has 3 fully saturated rings. The Morgan fingerprint density at radius 2 is 2.09 bits per heavy atom. The van der Waals surface area contributed by atoms with Crippen LogP contribution in [0.15, 0.2) is 54.6 Å². The fourth-order valence-corrected chi connectivity index (χ4v) is 6.47. The Hall–Kier alpha value is -4.49. The zero-order valence-electron chi connectivity index (χ0n) is 24.0. The SMILES string of the molecule is COC(=O)c1ccc2nc(C[C@@]34CCN(c5cccc(OCc6ccc(C#N)cc6F)n5)C[C@@H]3C4)n(C[C@@H]3CCO3)c2c1. The number of nitrogens with zero attached hydrogens (tertiary/aromatic N) is 5. The number of hydrogen-bond donors (Lipinski definition) is 0. The summed E-state index contributed by atoms with van der Waals surface area (Å²) in [5, 5.41) is 8.96. The van der Waals surface area contributed by atoms with Crippen molar-refractivity contribution in [3.63, 3.8) is 0 Å². The number of carbonyl (C=O) groups is 1. The van der Waals surface area contributed by atoms with E-state index in [2.05, 4.69) is 9.47 Å². The summed E-state index contributed by atoms with van der Waals surface area (Å²) in [4.78, 5) is 24.3. The van der Waals surface area contributed by atoms with Gasteiger partial charge in [-0.05, 0) is 67.0 Å². The molecule has 0 radical (unpaired) electrons. The summed E-state index contributed by atoms with van der Waals surface area (Å²) in [5.41, 5.74) is 3.20. The predicted molar refractivity (Wildman–Crippen MR) is 156 cm³/mol. The molecule has 220 valence electrons. The standard InChI is InChI=1S/C33H32FN5O4/c1-41-32(40)22-7-8-27-28(14-22)39(19-25-9-12-42-25)30(36-27)16-33-10-11-38(18-24(33)15-33)29-3-2-4-31(37-29)43-20-23-6-5-21(17-35)13-26(23)34/h2-8,13-14,24-25H,9-12,15-16,18-20H2,1H3/t24-,25-,33-/m0/s1. The summed E-state index contributed by atoms with van der Waals surface area (Å²) in [7, 11) is 1.40. The molecule has 1 saturated carbocycles. The van der Waals surface area contributed by atoms with Gasteiger partial charge in [-0.2, -0.15) is 10.2 Å². The van der Waals surface area contributed by atoms with Crippen molar-refractivity contribution in [2.24, 2.45) is 11.3 Å². The number of benzene rings is 2. The predicted octanol–water partition coefficient (Wildman–Crippen LogP) is 5.06. The van der Waals surface area contributed by atoms with Gasteiger partial charge in [-0.25, -0.2) is 14.2 Å². The fraction of sp³-hybridized carbons (Fsp3) is 0.394. The molecule has 7 rings (SSSR count). The number of hydrogen-bond acceptors (Lipinski definition) is 8. The first-order valence-electron chi connectivity index (χ1n) is 14.7. The summed E-state index contributed by atoms with van der Waals surface area (Å²) >= 11 is 0. The number of pyridine rings is 1. The third kappa shape index (κ3) is 5.30. The van der Waals surface area contributed by atoms with Crippen molar-refractivity contribution < 1.29 is 23.4 Å². The van der Waals surface area contributed by atoms with Crippen LogP contribution < -0.4 is 9.64 Å². The second-order valence-corrected chi connectivity index (χ2v) is 11.8. The summed E-state index contributed by atoms with van der Waals surface area (Å²) in [5.74, 6) is 2.05. The maximum atomic E-state index is 14.3. The number of nitriles is 1. The number of piperidine rings is 1. The number of rotatable bonds is 9. The van der Waals surface area contributed by atoms with E-state index >= 15 is 0 Å². The average molecular weight is 582 g/mol. The highest BCUT2D eigenvalue weighted by Gasteiger charge is 2.57. The first-order chi connectivity index (χ1) is 20.9. The number of halogens is 1. The highest BCUT2D eigenvalue weighted by molar-refractivity contribution is 5.93. The molecule has 3 aliphatic rings. The van der Waals surface area contributed by atoms with E-state index in [0.29, 0.717) is 22.9 Å². The zero-order valence-corrected chi connectivity index (χ0v) is 24.0. The third-order valence-corrected chi connectivity index (χ3v) is 9.21. The van der Waals surface area contributed by atoms with Crippen LogP contribution in [-0.4, -0.2) is 53.4 Å². The molecule has 43 heavy (non-hydrogen) atoms. The average Bonchev–Trinajstić information content (AvgIpc) is 3.62. The lowest BCUT2D eigenvalue weighted by Gasteiger charge is -2.33. The minimum absolute atomic E-state index is 0.0355. The second kappa shape index (κ2) is 11.0. The number of methoxy groups -OCH3 is 1. The van der Waals surface area contributed by atoms with E-state index < -0.39 is 5.82 Å². The highest BCUT2D eigenvalue weighted by atomic mass is 19.1. The van der Waals surface area contributed by atoms with Crippen LogP contribution in [0, 0.1) is 28.5 Å². The Kier molecular flexibility index (Phi) is 6.98. The molecule has 2 saturated heterocycles. The normalized spacial score (nSPS) is 22.4. The Morgan fingerprint density at radius 1 is 1.21 bits per heavy atom. The van der Waals surface area contributed by atoms with Gasteiger partial charge >= 0.3 is 5.97 Å². The minimum Gasteiger partial charge on any atom is -0.473 e. The lowest BCUT2D eigenvalue weighted by atomic mass is 9.91. The molecule has 2 aromatic heterocycles. The number of esters is 1. The van der Waals surface area contributed by atoms with E-state index in [-0.39, 0.29) is 29.7 Å². The van der Waals surface area contributed by atoms with Gasteiger partial charge in [-0.15, -0.1) is 0 Å². The first-order valence-corrected chi connectivity index (χ1v) is 14.7. The molecule has 9 nitrogen and oxygen atoms in total. The van der Waals surface area contributed by atoms with Gasteiger partial charge in [0.2, 0.25) is 5.88 Å². The van der Waals surface area contributed by atoms with Crippen molar-refractivity contribution in [1.82, 2.24) is 14.5 Å². The smallest absolute Gasteiger partial charge is 0.337 e. The lowest BCUT2D eigenvalue weighted by Crippen LogP contribution is -2.37. The molecule has 10 heteroatoms. The molecule has 0 bridgehead atoms. The van der Waals surface area contributed by atoms with Gasteiger partial charge in [0.25, 0.3) is 0 Å². The van der Waals surface area contributed by atoms with E-state index in [4.69, 9.17) is 29.4 Å². The Morgan fingerprint density at radius 3 is 2.84 bits per heavy atom. The van der Waals surface area contributed by atoms with Crippen LogP contribution in [0.2, 0.25) is 0 Å². The minimum atomic E-state index is -0.464. The van der Waals surface area contributed by atoms with Crippen molar-refractivity contribution in [1.29, 1.82) is 5.26 Å². The van der Waals surface area contributed by atoms with E-state index in [1.807, 2.05) is 30.3 Å². The summed E-state index contributed by atoms with van der Waals surface area (Å²) < 4.78 is 33.1. The molecule has 0 unspecified atom stereocenters. The van der Waals surface area contributed by atoms with Crippen LogP contribution in [0.1, 0.15) is 46.6 Å². The van der Waals surface area contributed by atoms with Gasteiger partial charge in [-0.3, -0.25) is 0 Å². The number of aromatic nitrogens is 3. The number of anilines is 1. The number of ether oxygens (including phenoxy) is 3. The van der Waals surface area contributed by atoms with Crippen molar-refractivity contribution >= 4 is 22.8 Å². The van der Waals surface area contributed by atoms with Crippen LogP contribution in [0.4, 0.5) is 10.2 Å². The van der Waals surface area contributed by atoms with Gasteiger partial charge in [0.1, 0.15) is 24.1 Å². The summed E-state index contributed by atoms with van der Waals surface area (Å²) in [6, 6.07) is 17.6. The van der Waals surface area contributed by atoms with Crippen molar-refractivity contribution in [2.45, 2.75) is 44.9 Å². The quantitative estimate of drug-likeness (QED) is 0.253. The van der Waals surface area contributed by atoms with Gasteiger partial charge in [0.05, 0.1) is 48.0 Å². The number of carbonyl (C=O) groups excluding carboxylic acids is 1. The van der Waals surface area contributed by atoms with Crippen LogP contribution in [0.5, 0.6) is 5.88 Å². The number of imidazole rings is 1. The summed E-state index contributed by atoms with van der Waals surface area (Å²) in [6.45, 7) is 3.32. The topological polar surface area (TPSA) is 102 Å². The van der Waals surface area contributed by atoms with E-state index in [9.17, 15) is 9.18 Å². The molecule has 0 spiro atoms. The van der Waals surface area contributed by atoms with Gasteiger partial charge in [0.15, 0.2) is 0 Å². The lowest BCUT2D eigenvalue weighted by molar-refractivity contribution is -0.0591. The Bertz CT molecular complexity index is 1750. The van der Waals surface area contributed by atoms with Gasteiger partial charge < -0.3 is 23.7 Å². The largest absolute Gasteiger partial charge is 0.473 e. The first kappa shape index (κ1) is 27.3. The monoisotopic (exact) mass is 581 g/mol. The van der Waals surface area contributed by atoms with Crippen LogP contribution >= 0.6 is 0 Å². The fourth-order valence-electron chi connectivity index (χ4n) is 6.47. The number of fused-ring (bicyclic) bond motifs is 2. The van der Waals surface area contributed by atoms with Crippen molar-refractivity contribution in [2.75, 3.05) is 31.7 Å². The molecular formula is C33H32FN5O4. The van der Waals surface area contributed by atoms with Gasteiger partial charge in [0, 0.05) is 37.7 Å². The van der Waals surface area contributed by atoms with Crippen LogP contribution in [0.25, 0.3) is 11.0 Å². The Labute approximate surface area is 248 Å². The summed E-state index contributed by atoms with van der Waals surface area (Å²) in [6.07, 6.45) is 4.23. The molecule has 1 aliphatic carbocycles. The maximum absolute atomic E-state index is 14.3.